The Hall–Kier alpha value is -1.63. The van der Waals surface area contributed by atoms with Crippen LogP contribution in [0.25, 0.3) is 0 Å². The van der Waals surface area contributed by atoms with Crippen LogP contribution in [0.15, 0.2) is 22.7 Å². The number of ether oxygens (including phenoxy) is 1. The Labute approximate surface area is 137 Å². The number of halogens is 2. The molecule has 0 aliphatic carbocycles. The Bertz CT molecular complexity index is 580. The summed E-state index contributed by atoms with van der Waals surface area (Å²) in [6, 6.07) is 3.92. The minimum absolute atomic E-state index is 0.0197. The molecular formula is C15H18BrFN2O3. The quantitative estimate of drug-likeness (QED) is 0.812. The van der Waals surface area contributed by atoms with E-state index in [1.807, 2.05) is 0 Å². The monoisotopic (exact) mass is 372 g/mol. The molecule has 7 heteroatoms. The zero-order valence-corrected chi connectivity index (χ0v) is 14.1. The van der Waals surface area contributed by atoms with Crippen LogP contribution in [0.3, 0.4) is 0 Å². The third-order valence-corrected chi connectivity index (χ3v) is 4.04. The summed E-state index contributed by atoms with van der Waals surface area (Å²) in [5.41, 5.74) is 0. The van der Waals surface area contributed by atoms with Crippen molar-refractivity contribution in [2.45, 2.75) is 18.9 Å². The third-order valence-electron chi connectivity index (χ3n) is 3.54. The summed E-state index contributed by atoms with van der Waals surface area (Å²) in [7, 11) is 3.33. The molecule has 0 saturated carbocycles. The zero-order valence-electron chi connectivity index (χ0n) is 12.5. The molecule has 0 radical (unpaired) electrons. The first-order chi connectivity index (χ1) is 10.4. The molecule has 1 aromatic carbocycles. The van der Waals surface area contributed by atoms with Gasteiger partial charge in [0.25, 0.3) is 5.91 Å². The summed E-state index contributed by atoms with van der Waals surface area (Å²) >= 11 is 3.15. The second-order valence-corrected chi connectivity index (χ2v) is 6.26. The molecule has 0 spiro atoms. The van der Waals surface area contributed by atoms with Crippen molar-refractivity contribution in [3.63, 3.8) is 0 Å². The van der Waals surface area contributed by atoms with Crippen molar-refractivity contribution in [2.75, 3.05) is 27.2 Å². The number of carbonyl (C=O) groups excluding carboxylic acids is 2. The maximum Gasteiger partial charge on any atom is 0.261 e. The molecule has 2 rings (SSSR count). The summed E-state index contributed by atoms with van der Waals surface area (Å²) in [5, 5.41) is 0. The maximum atomic E-state index is 13.6. The molecule has 120 valence electrons. The van der Waals surface area contributed by atoms with Crippen LogP contribution in [0.4, 0.5) is 4.39 Å². The first-order valence-electron chi connectivity index (χ1n) is 6.98. The Kier molecular flexibility index (Phi) is 5.39. The first kappa shape index (κ1) is 16.7. The Morgan fingerprint density at radius 3 is 2.82 bits per heavy atom. The fraction of sp³-hybridized carbons (Fsp3) is 0.467. The van der Waals surface area contributed by atoms with Crippen LogP contribution in [-0.4, -0.2) is 54.9 Å². The number of amides is 2. The highest BCUT2D eigenvalue weighted by Crippen LogP contribution is 2.22. The highest BCUT2D eigenvalue weighted by molar-refractivity contribution is 9.10. The lowest BCUT2D eigenvalue weighted by Gasteiger charge is -2.26. The predicted octanol–water partition coefficient (Wildman–Crippen LogP) is 2.05. The van der Waals surface area contributed by atoms with Crippen molar-refractivity contribution in [3.8, 4) is 5.75 Å². The van der Waals surface area contributed by atoms with Gasteiger partial charge >= 0.3 is 0 Å². The van der Waals surface area contributed by atoms with Crippen LogP contribution in [0.2, 0.25) is 0 Å². The van der Waals surface area contributed by atoms with E-state index in [-0.39, 0.29) is 24.2 Å². The van der Waals surface area contributed by atoms with E-state index in [0.717, 1.165) is 6.42 Å². The third kappa shape index (κ3) is 3.76. The topological polar surface area (TPSA) is 49.9 Å². The van der Waals surface area contributed by atoms with Gasteiger partial charge in [0, 0.05) is 25.1 Å². The normalized spacial score (nSPS) is 17.5. The van der Waals surface area contributed by atoms with Crippen LogP contribution < -0.4 is 4.74 Å². The summed E-state index contributed by atoms with van der Waals surface area (Å²) in [4.78, 5) is 27.3. The maximum absolute atomic E-state index is 13.6. The molecular weight excluding hydrogens is 355 g/mol. The second kappa shape index (κ2) is 7.09. The van der Waals surface area contributed by atoms with E-state index in [1.54, 1.807) is 20.2 Å². The van der Waals surface area contributed by atoms with E-state index in [4.69, 9.17) is 4.74 Å². The van der Waals surface area contributed by atoms with Crippen LogP contribution in [0.5, 0.6) is 5.75 Å². The number of nitrogens with zero attached hydrogens (tertiary/aromatic N) is 2. The molecule has 1 aliphatic heterocycles. The molecule has 1 unspecified atom stereocenters. The molecule has 1 aromatic rings. The van der Waals surface area contributed by atoms with Gasteiger partial charge < -0.3 is 14.5 Å². The van der Waals surface area contributed by atoms with Crippen LogP contribution in [0.1, 0.15) is 12.8 Å². The van der Waals surface area contributed by atoms with Crippen molar-refractivity contribution < 1.29 is 18.7 Å². The van der Waals surface area contributed by atoms with Crippen molar-refractivity contribution in [1.29, 1.82) is 0 Å². The van der Waals surface area contributed by atoms with Crippen LogP contribution in [-0.2, 0) is 9.59 Å². The van der Waals surface area contributed by atoms with Crippen LogP contribution in [0, 0.1) is 5.82 Å². The molecule has 1 saturated heterocycles. The summed E-state index contributed by atoms with van der Waals surface area (Å²) in [5.74, 6) is -0.920. The van der Waals surface area contributed by atoms with Gasteiger partial charge in [0.15, 0.2) is 18.2 Å². The molecule has 2 amide bonds. The number of hydrogen-bond donors (Lipinski definition) is 0. The van der Waals surface area contributed by atoms with Crippen molar-refractivity contribution >= 4 is 27.7 Å². The van der Waals surface area contributed by atoms with Crippen molar-refractivity contribution in [1.82, 2.24) is 9.80 Å². The predicted molar refractivity (Wildman–Crippen MR) is 83.0 cm³/mol. The first-order valence-corrected chi connectivity index (χ1v) is 7.78. The SMILES string of the molecule is CN(C)C(=O)C1CCCN1C(=O)COc1ccc(Br)cc1F. The minimum atomic E-state index is -0.537. The zero-order chi connectivity index (χ0) is 16.3. The minimum Gasteiger partial charge on any atom is -0.481 e. The molecule has 0 N–H and O–H groups in total. The van der Waals surface area contributed by atoms with E-state index in [0.29, 0.717) is 17.4 Å². The van der Waals surface area contributed by atoms with E-state index in [2.05, 4.69) is 15.9 Å². The van der Waals surface area contributed by atoms with Gasteiger partial charge in [-0.15, -0.1) is 0 Å². The smallest absolute Gasteiger partial charge is 0.261 e. The van der Waals surface area contributed by atoms with E-state index in [1.165, 1.54) is 21.9 Å². The summed E-state index contributed by atoms with van der Waals surface area (Å²) in [6.07, 6.45) is 1.43. The van der Waals surface area contributed by atoms with E-state index < -0.39 is 11.9 Å². The lowest BCUT2D eigenvalue weighted by Crippen LogP contribution is -2.47. The van der Waals surface area contributed by atoms with Gasteiger partial charge in [0.1, 0.15) is 6.04 Å². The number of benzene rings is 1. The number of hydrogen-bond acceptors (Lipinski definition) is 3. The van der Waals surface area contributed by atoms with E-state index >= 15 is 0 Å². The highest BCUT2D eigenvalue weighted by atomic mass is 79.9. The Morgan fingerprint density at radius 2 is 2.18 bits per heavy atom. The summed E-state index contributed by atoms with van der Waals surface area (Å²) < 4.78 is 19.5. The average Bonchev–Trinajstić information content (AvgIpc) is 2.94. The molecule has 0 aromatic heterocycles. The van der Waals surface area contributed by atoms with Crippen molar-refractivity contribution in [2.24, 2.45) is 0 Å². The summed E-state index contributed by atoms with van der Waals surface area (Å²) in [6.45, 7) is 0.241. The number of carbonyl (C=O) groups is 2. The molecule has 0 bridgehead atoms. The van der Waals surface area contributed by atoms with Gasteiger partial charge in [0.2, 0.25) is 5.91 Å². The fourth-order valence-corrected chi connectivity index (χ4v) is 2.77. The second-order valence-electron chi connectivity index (χ2n) is 5.34. The molecule has 1 fully saturated rings. The Morgan fingerprint density at radius 1 is 1.45 bits per heavy atom. The Balaban J connectivity index is 1.98. The van der Waals surface area contributed by atoms with Gasteiger partial charge in [-0.05, 0) is 31.0 Å². The van der Waals surface area contributed by atoms with Gasteiger partial charge in [-0.2, -0.15) is 0 Å². The lowest BCUT2D eigenvalue weighted by molar-refractivity contribution is -0.143. The largest absolute Gasteiger partial charge is 0.481 e. The highest BCUT2D eigenvalue weighted by Gasteiger charge is 2.34. The van der Waals surface area contributed by atoms with Gasteiger partial charge in [-0.1, -0.05) is 15.9 Å². The van der Waals surface area contributed by atoms with Gasteiger partial charge in [-0.3, -0.25) is 9.59 Å². The van der Waals surface area contributed by atoms with Gasteiger partial charge in [0.05, 0.1) is 0 Å². The number of likely N-dealkylation sites (tertiary alicyclic amines) is 1. The van der Waals surface area contributed by atoms with Crippen molar-refractivity contribution in [3.05, 3.63) is 28.5 Å². The molecule has 5 nitrogen and oxygen atoms in total. The van der Waals surface area contributed by atoms with Crippen LogP contribution >= 0.6 is 15.9 Å². The molecule has 1 atom stereocenters. The fourth-order valence-electron chi connectivity index (χ4n) is 2.43. The number of rotatable bonds is 4. The number of likely N-dealkylation sites (N-methyl/N-ethyl adjacent to an activating group) is 1. The molecule has 22 heavy (non-hydrogen) atoms. The standard InChI is InChI=1S/C15H18BrFN2O3/c1-18(2)15(21)12-4-3-7-19(12)14(20)9-22-13-6-5-10(16)8-11(13)17/h5-6,8,12H,3-4,7,9H2,1-2H3. The average molecular weight is 373 g/mol. The molecule has 1 heterocycles. The lowest BCUT2D eigenvalue weighted by atomic mass is 10.2. The van der Waals surface area contributed by atoms with Gasteiger partial charge in [-0.25, -0.2) is 4.39 Å². The molecule has 1 aliphatic rings. The van der Waals surface area contributed by atoms with E-state index in [9.17, 15) is 14.0 Å².